The van der Waals surface area contributed by atoms with Crippen LogP contribution in [0.1, 0.15) is 31.8 Å². The highest BCUT2D eigenvalue weighted by atomic mass is 79.9. The molecule has 162 valence electrons. The Morgan fingerprint density at radius 1 is 1.12 bits per heavy atom. The Kier molecular flexibility index (Phi) is 6.41. The Morgan fingerprint density at radius 3 is 2.62 bits per heavy atom. The maximum atomic E-state index is 14.8. The van der Waals surface area contributed by atoms with Crippen LogP contribution in [0.5, 0.6) is 0 Å². The van der Waals surface area contributed by atoms with Gasteiger partial charge in [-0.15, -0.1) is 0 Å². The van der Waals surface area contributed by atoms with Gasteiger partial charge in [-0.3, -0.25) is 14.6 Å². The van der Waals surface area contributed by atoms with Crippen LogP contribution in [0.2, 0.25) is 0 Å². The first-order valence-corrected chi connectivity index (χ1v) is 10.8. The summed E-state index contributed by atoms with van der Waals surface area (Å²) in [6.07, 6.45) is 1.47. The number of benzene rings is 2. The number of pyridine rings is 1. The molecule has 0 aliphatic carbocycles. The fraction of sp³-hybridized carbons (Fsp3) is 0.167. The number of aromatic nitrogens is 1. The predicted octanol–water partition coefficient (Wildman–Crippen LogP) is 4.35. The van der Waals surface area contributed by atoms with Gasteiger partial charge in [-0.05, 0) is 51.8 Å². The van der Waals surface area contributed by atoms with Crippen molar-refractivity contribution in [2.24, 2.45) is 4.99 Å². The molecule has 0 atom stereocenters. The second-order valence-corrected chi connectivity index (χ2v) is 8.31. The van der Waals surface area contributed by atoms with Gasteiger partial charge >= 0.3 is 0 Å². The lowest BCUT2D eigenvalue weighted by molar-refractivity contribution is 0.0988. The highest BCUT2D eigenvalue weighted by Crippen LogP contribution is 2.19. The average Bonchev–Trinajstić information content (AvgIpc) is 3.21. The zero-order valence-corrected chi connectivity index (χ0v) is 18.9. The molecule has 0 spiro atoms. The van der Waals surface area contributed by atoms with Gasteiger partial charge < -0.3 is 10.2 Å². The van der Waals surface area contributed by atoms with E-state index >= 15 is 0 Å². The minimum absolute atomic E-state index is 0.0141. The van der Waals surface area contributed by atoms with E-state index in [1.807, 2.05) is 11.9 Å². The van der Waals surface area contributed by atoms with E-state index in [1.165, 1.54) is 12.1 Å². The van der Waals surface area contributed by atoms with Gasteiger partial charge in [0.2, 0.25) is 0 Å². The summed E-state index contributed by atoms with van der Waals surface area (Å²) in [6, 6.07) is 14.7. The molecule has 0 radical (unpaired) electrons. The van der Waals surface area contributed by atoms with E-state index in [0.29, 0.717) is 34.9 Å². The number of Topliss-reactive ketones (excluding diaryl/α,β-unsaturated/α-hetero) is 1. The van der Waals surface area contributed by atoms with E-state index in [9.17, 15) is 14.0 Å². The van der Waals surface area contributed by atoms with E-state index in [2.05, 4.69) is 31.2 Å². The van der Waals surface area contributed by atoms with Crippen molar-refractivity contribution in [2.45, 2.75) is 6.42 Å². The Hall–Kier alpha value is -3.39. The average molecular weight is 495 g/mol. The summed E-state index contributed by atoms with van der Waals surface area (Å²) in [5.74, 6) is -0.289. The number of carbonyl (C=O) groups is 2. The maximum Gasteiger partial charge on any atom is 0.257 e. The summed E-state index contributed by atoms with van der Waals surface area (Å²) in [7, 11) is 1.90. The summed E-state index contributed by atoms with van der Waals surface area (Å²) in [4.78, 5) is 36.1. The first kappa shape index (κ1) is 21.8. The van der Waals surface area contributed by atoms with Gasteiger partial charge in [0.1, 0.15) is 17.5 Å². The molecular weight excluding hydrogens is 475 g/mol. The summed E-state index contributed by atoms with van der Waals surface area (Å²) < 4.78 is 15.6. The lowest BCUT2D eigenvalue weighted by Gasteiger charge is -2.14. The third kappa shape index (κ3) is 4.75. The molecule has 32 heavy (non-hydrogen) atoms. The Balaban J connectivity index is 1.52. The molecule has 0 bridgehead atoms. The summed E-state index contributed by atoms with van der Waals surface area (Å²) in [5, 5.41) is 2.72. The van der Waals surface area contributed by atoms with E-state index in [1.54, 1.807) is 48.7 Å². The summed E-state index contributed by atoms with van der Waals surface area (Å²) in [5.41, 5.74) is 1.47. The van der Waals surface area contributed by atoms with Gasteiger partial charge in [-0.2, -0.15) is 0 Å². The minimum Gasteiger partial charge on any atom is -0.358 e. The van der Waals surface area contributed by atoms with E-state index in [4.69, 9.17) is 0 Å². The van der Waals surface area contributed by atoms with E-state index in [0.717, 1.165) is 11.0 Å². The number of hydrogen-bond acceptors (Lipinski definition) is 5. The van der Waals surface area contributed by atoms with Gasteiger partial charge in [-0.1, -0.05) is 24.3 Å². The second kappa shape index (κ2) is 9.40. The zero-order valence-electron chi connectivity index (χ0n) is 17.3. The van der Waals surface area contributed by atoms with Gasteiger partial charge in [-0.25, -0.2) is 9.37 Å². The van der Waals surface area contributed by atoms with Crippen LogP contribution in [0.4, 0.5) is 10.2 Å². The molecule has 8 heteroatoms. The molecule has 0 saturated carbocycles. The molecule has 6 nitrogen and oxygen atoms in total. The number of amidine groups is 1. The Labute approximate surface area is 193 Å². The Bertz CT molecular complexity index is 1210. The van der Waals surface area contributed by atoms with Gasteiger partial charge in [0.05, 0.1) is 12.1 Å². The number of anilines is 1. The van der Waals surface area contributed by atoms with Crippen molar-refractivity contribution < 1.29 is 14.0 Å². The lowest BCUT2D eigenvalue weighted by atomic mass is 9.97. The predicted molar refractivity (Wildman–Crippen MR) is 125 cm³/mol. The van der Waals surface area contributed by atoms with E-state index in [-0.39, 0.29) is 17.9 Å². The molecule has 4 rings (SSSR count). The molecular formula is C24H20BrFN4O2. The zero-order chi connectivity index (χ0) is 22.7. The number of aliphatic imine (C=N–C) groups is 1. The monoisotopic (exact) mass is 494 g/mol. The molecule has 0 unspecified atom stereocenters. The maximum absolute atomic E-state index is 14.8. The normalized spacial score (nSPS) is 13.1. The molecule has 1 amide bonds. The number of halogens is 2. The third-order valence-corrected chi connectivity index (χ3v) is 5.64. The topological polar surface area (TPSA) is 74.7 Å². The summed E-state index contributed by atoms with van der Waals surface area (Å²) in [6.45, 7) is 1.45. The van der Waals surface area contributed by atoms with Crippen LogP contribution in [-0.2, 0) is 6.42 Å². The molecule has 1 aliphatic rings. The van der Waals surface area contributed by atoms with Crippen molar-refractivity contribution in [3.63, 3.8) is 0 Å². The van der Waals surface area contributed by atoms with Crippen LogP contribution in [0.15, 0.2) is 70.3 Å². The largest absolute Gasteiger partial charge is 0.358 e. The van der Waals surface area contributed by atoms with Crippen LogP contribution < -0.4 is 5.32 Å². The third-order valence-electron chi connectivity index (χ3n) is 5.17. The van der Waals surface area contributed by atoms with Crippen LogP contribution in [0.3, 0.4) is 0 Å². The quantitative estimate of drug-likeness (QED) is 0.516. The number of nitrogens with zero attached hydrogens (tertiary/aromatic N) is 3. The minimum atomic E-state index is -0.600. The number of ketones is 1. The van der Waals surface area contributed by atoms with Crippen molar-refractivity contribution in [2.75, 3.05) is 25.5 Å². The van der Waals surface area contributed by atoms with Crippen LogP contribution in [-0.4, -0.2) is 47.5 Å². The van der Waals surface area contributed by atoms with Gasteiger partial charge in [0.15, 0.2) is 5.78 Å². The molecule has 2 heterocycles. The number of likely N-dealkylation sites (N-methyl/N-ethyl adjacent to an activating group) is 1. The molecule has 1 aromatic heterocycles. The molecule has 0 saturated heterocycles. The standard InChI is InChI=1S/C24H20BrFN4O2/c1-30-11-10-27-23(30)16-6-8-19(20(26)12-16)21(31)13-15-4-2-3-5-18(15)24(32)29-22-9-7-17(25)14-28-22/h2-9,12,14H,10-11,13H2,1H3,(H,28,29,32). The number of hydrogen-bond donors (Lipinski definition) is 1. The fourth-order valence-corrected chi connectivity index (χ4v) is 3.76. The smallest absolute Gasteiger partial charge is 0.257 e. The molecule has 3 aromatic rings. The van der Waals surface area contributed by atoms with Crippen molar-refractivity contribution in [3.05, 3.63) is 93.3 Å². The second-order valence-electron chi connectivity index (χ2n) is 7.39. The van der Waals surface area contributed by atoms with Gasteiger partial charge in [0.25, 0.3) is 5.91 Å². The SMILES string of the molecule is CN1CCN=C1c1ccc(C(=O)Cc2ccccc2C(=O)Nc2ccc(Br)cn2)c(F)c1. The fourth-order valence-electron chi connectivity index (χ4n) is 3.52. The molecule has 1 N–H and O–H groups in total. The van der Waals surface area contributed by atoms with Crippen molar-refractivity contribution in [3.8, 4) is 0 Å². The highest BCUT2D eigenvalue weighted by molar-refractivity contribution is 9.10. The lowest BCUT2D eigenvalue weighted by Crippen LogP contribution is -2.23. The van der Waals surface area contributed by atoms with Crippen molar-refractivity contribution >= 4 is 39.3 Å². The first-order valence-electron chi connectivity index (χ1n) is 10.0. The number of nitrogens with one attached hydrogen (secondary N) is 1. The Morgan fingerprint density at radius 2 is 1.94 bits per heavy atom. The summed E-state index contributed by atoms with van der Waals surface area (Å²) >= 11 is 3.30. The van der Waals surface area contributed by atoms with E-state index < -0.39 is 11.6 Å². The van der Waals surface area contributed by atoms with Crippen LogP contribution in [0.25, 0.3) is 0 Å². The first-order chi connectivity index (χ1) is 15.4. The number of carbonyl (C=O) groups excluding carboxylic acids is 2. The number of rotatable bonds is 6. The molecule has 0 fully saturated rings. The van der Waals surface area contributed by atoms with Crippen LogP contribution in [0, 0.1) is 5.82 Å². The van der Waals surface area contributed by atoms with Crippen molar-refractivity contribution in [1.29, 1.82) is 0 Å². The van der Waals surface area contributed by atoms with Crippen molar-refractivity contribution in [1.82, 2.24) is 9.88 Å². The molecule has 1 aliphatic heterocycles. The number of amides is 1. The van der Waals surface area contributed by atoms with Gasteiger partial charge in [0, 0.05) is 41.8 Å². The molecule has 2 aromatic carbocycles. The highest BCUT2D eigenvalue weighted by Gasteiger charge is 2.20. The van der Waals surface area contributed by atoms with Crippen LogP contribution >= 0.6 is 15.9 Å².